The molecule has 0 aliphatic carbocycles. The van der Waals surface area contributed by atoms with Crippen LogP contribution in [0.5, 0.6) is 0 Å². The van der Waals surface area contributed by atoms with Crippen molar-refractivity contribution in [1.29, 1.82) is 0 Å². The van der Waals surface area contributed by atoms with Crippen LogP contribution in [0.4, 0.5) is 4.39 Å². The molecule has 1 nitrogen and oxygen atoms in total. The van der Waals surface area contributed by atoms with Crippen LogP contribution in [-0.2, 0) is 12.8 Å². The molecule has 0 aromatic heterocycles. The number of hydrogen-bond donors (Lipinski definition) is 1. The van der Waals surface area contributed by atoms with E-state index in [1.165, 1.54) is 22.3 Å². The molecule has 1 atom stereocenters. The minimum absolute atomic E-state index is 0.161. The van der Waals surface area contributed by atoms with Gasteiger partial charge in [0.2, 0.25) is 0 Å². The van der Waals surface area contributed by atoms with E-state index in [2.05, 4.69) is 37.4 Å². The van der Waals surface area contributed by atoms with Gasteiger partial charge in [0.25, 0.3) is 0 Å². The van der Waals surface area contributed by atoms with Crippen molar-refractivity contribution < 1.29 is 4.39 Å². The van der Waals surface area contributed by atoms with Crippen LogP contribution in [0.3, 0.4) is 0 Å². The Morgan fingerprint density at radius 1 is 0.905 bits per heavy atom. The first-order valence-corrected chi connectivity index (χ1v) is 7.48. The van der Waals surface area contributed by atoms with Crippen molar-refractivity contribution in [3.63, 3.8) is 0 Å². The second-order valence-corrected chi connectivity index (χ2v) is 5.88. The summed E-state index contributed by atoms with van der Waals surface area (Å²) in [6.45, 7) is 6.26. The fourth-order valence-electron chi connectivity index (χ4n) is 2.65. The summed E-state index contributed by atoms with van der Waals surface area (Å²) in [4.78, 5) is 0. The van der Waals surface area contributed by atoms with E-state index in [-0.39, 0.29) is 5.82 Å². The smallest absolute Gasteiger partial charge is 0.123 e. The summed E-state index contributed by atoms with van der Waals surface area (Å²) in [5.74, 6) is -0.161. The lowest BCUT2D eigenvalue weighted by Crippen LogP contribution is -2.30. The summed E-state index contributed by atoms with van der Waals surface area (Å²) in [5.41, 5.74) is 6.24. The van der Waals surface area contributed by atoms with Gasteiger partial charge in [-0.15, -0.1) is 0 Å². The molecular weight excluding hydrogens is 261 g/mol. The van der Waals surface area contributed by atoms with Crippen molar-refractivity contribution in [1.82, 2.24) is 5.32 Å². The topological polar surface area (TPSA) is 12.0 Å². The first kappa shape index (κ1) is 15.7. The summed E-state index contributed by atoms with van der Waals surface area (Å²) in [6.07, 6.45) is 1.89. The van der Waals surface area contributed by atoms with Gasteiger partial charge in [-0.3, -0.25) is 0 Å². The van der Waals surface area contributed by atoms with Crippen molar-refractivity contribution >= 4 is 0 Å². The van der Waals surface area contributed by atoms with E-state index in [4.69, 9.17) is 0 Å². The van der Waals surface area contributed by atoms with Crippen LogP contribution >= 0.6 is 0 Å². The minimum Gasteiger partial charge on any atom is -0.316 e. The Hall–Kier alpha value is -1.67. The molecule has 0 saturated heterocycles. The predicted molar refractivity (Wildman–Crippen MR) is 87.3 cm³/mol. The first-order chi connectivity index (χ1) is 9.99. The van der Waals surface area contributed by atoms with Crippen LogP contribution in [0.2, 0.25) is 0 Å². The number of aryl methyl sites for hydroxylation is 3. The highest BCUT2D eigenvalue weighted by atomic mass is 19.1. The lowest BCUT2D eigenvalue weighted by Gasteiger charge is -2.18. The molecule has 1 unspecified atom stereocenters. The van der Waals surface area contributed by atoms with Gasteiger partial charge in [0.1, 0.15) is 5.82 Å². The zero-order chi connectivity index (χ0) is 15.4. The number of halogens is 1. The van der Waals surface area contributed by atoms with E-state index in [1.54, 1.807) is 12.1 Å². The molecule has 0 radical (unpaired) electrons. The maximum Gasteiger partial charge on any atom is 0.123 e. The lowest BCUT2D eigenvalue weighted by atomic mass is 9.95. The largest absolute Gasteiger partial charge is 0.316 e. The number of benzene rings is 2. The second-order valence-electron chi connectivity index (χ2n) is 5.88. The van der Waals surface area contributed by atoms with Gasteiger partial charge in [-0.1, -0.05) is 24.3 Å². The molecule has 0 bridgehead atoms. The van der Waals surface area contributed by atoms with Gasteiger partial charge in [0.05, 0.1) is 0 Å². The molecule has 2 rings (SSSR count). The zero-order valence-electron chi connectivity index (χ0n) is 13.3. The van der Waals surface area contributed by atoms with Crippen molar-refractivity contribution in [3.8, 4) is 0 Å². The fraction of sp³-hybridized carbons (Fsp3) is 0.368. The van der Waals surface area contributed by atoms with Gasteiger partial charge in [0.15, 0.2) is 0 Å². The Morgan fingerprint density at radius 2 is 1.67 bits per heavy atom. The van der Waals surface area contributed by atoms with E-state index < -0.39 is 0 Å². The summed E-state index contributed by atoms with van der Waals surface area (Å²) >= 11 is 0. The molecule has 21 heavy (non-hydrogen) atoms. The highest BCUT2D eigenvalue weighted by molar-refractivity contribution is 5.31. The van der Waals surface area contributed by atoms with Crippen LogP contribution < -0.4 is 5.32 Å². The Bertz CT molecular complexity index is 619. The Kier molecular flexibility index (Phi) is 5.13. The van der Waals surface area contributed by atoms with Crippen LogP contribution in [0, 0.1) is 26.6 Å². The van der Waals surface area contributed by atoms with E-state index in [0.29, 0.717) is 6.04 Å². The molecule has 0 saturated carbocycles. The summed E-state index contributed by atoms with van der Waals surface area (Å²) in [7, 11) is 1.99. The maximum absolute atomic E-state index is 13.2. The van der Waals surface area contributed by atoms with Crippen LogP contribution in [0.25, 0.3) is 0 Å². The fourth-order valence-corrected chi connectivity index (χ4v) is 2.65. The molecule has 2 heteroatoms. The van der Waals surface area contributed by atoms with Crippen molar-refractivity contribution in [2.75, 3.05) is 7.05 Å². The summed E-state index contributed by atoms with van der Waals surface area (Å²) in [6, 6.07) is 12.1. The highest BCUT2D eigenvalue weighted by Crippen LogP contribution is 2.16. The average molecular weight is 285 g/mol. The van der Waals surface area contributed by atoms with Crippen LogP contribution in [-0.4, -0.2) is 13.1 Å². The predicted octanol–water partition coefficient (Wildman–Crippen LogP) is 4.12. The summed E-state index contributed by atoms with van der Waals surface area (Å²) < 4.78 is 13.2. The van der Waals surface area contributed by atoms with Gasteiger partial charge in [0, 0.05) is 6.04 Å². The molecule has 0 aliphatic heterocycles. The third-order valence-corrected chi connectivity index (χ3v) is 4.23. The lowest BCUT2D eigenvalue weighted by molar-refractivity contribution is 0.553. The average Bonchev–Trinajstić information content (AvgIpc) is 2.44. The standard InChI is InChI=1S/C19H24FN/c1-13-5-6-16(9-14(13)2)11-19(21-4)12-17-7-8-18(20)10-15(17)3/h5-10,19,21H,11-12H2,1-4H3. The molecule has 0 heterocycles. The number of nitrogens with one attached hydrogen (secondary N) is 1. The maximum atomic E-state index is 13.2. The molecular formula is C19H24FN. The molecule has 2 aromatic rings. The van der Waals surface area contributed by atoms with Gasteiger partial charge in [-0.25, -0.2) is 4.39 Å². The third kappa shape index (κ3) is 4.15. The zero-order valence-corrected chi connectivity index (χ0v) is 13.3. The van der Waals surface area contributed by atoms with Crippen molar-refractivity contribution in [3.05, 3.63) is 70.0 Å². The number of hydrogen-bond acceptors (Lipinski definition) is 1. The molecule has 2 aromatic carbocycles. The Balaban J connectivity index is 2.10. The monoisotopic (exact) mass is 285 g/mol. The Morgan fingerprint density at radius 3 is 2.29 bits per heavy atom. The SMILES string of the molecule is CNC(Cc1ccc(C)c(C)c1)Cc1ccc(F)cc1C. The number of likely N-dealkylation sites (N-methyl/N-ethyl adjacent to an activating group) is 1. The first-order valence-electron chi connectivity index (χ1n) is 7.48. The number of rotatable bonds is 5. The molecule has 0 fully saturated rings. The van der Waals surface area contributed by atoms with Gasteiger partial charge < -0.3 is 5.32 Å². The van der Waals surface area contributed by atoms with E-state index in [9.17, 15) is 4.39 Å². The molecule has 0 spiro atoms. The summed E-state index contributed by atoms with van der Waals surface area (Å²) in [5, 5.41) is 3.38. The van der Waals surface area contributed by atoms with Gasteiger partial charge in [-0.05, 0) is 80.6 Å². The highest BCUT2D eigenvalue weighted by Gasteiger charge is 2.11. The van der Waals surface area contributed by atoms with Gasteiger partial charge in [-0.2, -0.15) is 0 Å². The molecule has 0 amide bonds. The van der Waals surface area contributed by atoms with E-state index >= 15 is 0 Å². The minimum atomic E-state index is -0.161. The van der Waals surface area contributed by atoms with Crippen molar-refractivity contribution in [2.45, 2.75) is 39.7 Å². The van der Waals surface area contributed by atoms with Crippen molar-refractivity contribution in [2.24, 2.45) is 0 Å². The normalized spacial score (nSPS) is 12.4. The van der Waals surface area contributed by atoms with Gasteiger partial charge >= 0.3 is 0 Å². The molecule has 1 N–H and O–H groups in total. The van der Waals surface area contributed by atoms with Crippen LogP contribution in [0.1, 0.15) is 27.8 Å². The Labute approximate surface area is 127 Å². The molecule has 112 valence electrons. The van der Waals surface area contributed by atoms with E-state index in [1.807, 2.05) is 20.0 Å². The quantitative estimate of drug-likeness (QED) is 0.871. The molecule has 0 aliphatic rings. The second kappa shape index (κ2) is 6.86. The van der Waals surface area contributed by atoms with E-state index in [0.717, 1.165) is 18.4 Å². The van der Waals surface area contributed by atoms with Crippen LogP contribution in [0.15, 0.2) is 36.4 Å². The third-order valence-electron chi connectivity index (χ3n) is 4.23.